The minimum atomic E-state index is 0.253. The molecule has 1 heterocycles. The minimum Gasteiger partial charge on any atom is -0.369 e. The van der Waals surface area contributed by atoms with Crippen LogP contribution < -0.4 is 10.2 Å². The number of rotatable bonds is 3. The fourth-order valence-corrected chi connectivity index (χ4v) is 3.81. The second-order valence-corrected chi connectivity index (χ2v) is 7.09. The maximum atomic E-state index is 12.5. The zero-order valence-electron chi connectivity index (χ0n) is 13.6. The van der Waals surface area contributed by atoms with E-state index in [1.807, 2.05) is 0 Å². The van der Waals surface area contributed by atoms with Crippen LogP contribution in [0.25, 0.3) is 0 Å². The number of hydrogen-bond acceptors (Lipinski definition) is 2. The smallest absolute Gasteiger partial charge is 0.223 e. The third kappa shape index (κ3) is 3.82. The number of piperidine rings is 1. The normalized spacial score (nSPS) is 29.1. The summed E-state index contributed by atoms with van der Waals surface area (Å²) < 4.78 is 0. The molecule has 1 aromatic rings. The number of nitrogens with one attached hydrogen (secondary N) is 1. The van der Waals surface area contributed by atoms with Crippen molar-refractivity contribution in [2.24, 2.45) is 11.8 Å². The molecule has 22 heavy (non-hydrogen) atoms. The molecular formula is C19H28N2O. The van der Waals surface area contributed by atoms with Crippen LogP contribution in [0.5, 0.6) is 0 Å². The Bertz CT molecular complexity index is 479. The summed E-state index contributed by atoms with van der Waals surface area (Å²) in [6, 6.07) is 10.8. The van der Waals surface area contributed by atoms with Crippen molar-refractivity contribution in [3.8, 4) is 0 Å². The largest absolute Gasteiger partial charge is 0.369 e. The van der Waals surface area contributed by atoms with E-state index < -0.39 is 0 Å². The van der Waals surface area contributed by atoms with Crippen LogP contribution in [0.1, 0.15) is 45.4 Å². The standard InChI is InChI=1S/C19H28N2O/c1-15-9-11-16(12-10-15)19(22)20-17-6-5-13-21(14-17)18-7-3-2-4-8-18/h2-4,7-8,15-17H,5-6,9-14H2,1H3,(H,20,22)/t15?,16?,17-/m0/s1. The first kappa shape index (κ1) is 15.4. The zero-order chi connectivity index (χ0) is 15.4. The highest BCUT2D eigenvalue weighted by molar-refractivity contribution is 5.79. The van der Waals surface area contributed by atoms with Crippen molar-refractivity contribution in [1.82, 2.24) is 5.32 Å². The van der Waals surface area contributed by atoms with Crippen molar-refractivity contribution in [3.63, 3.8) is 0 Å². The predicted molar refractivity (Wildman–Crippen MR) is 90.9 cm³/mol. The molecule has 2 fully saturated rings. The van der Waals surface area contributed by atoms with Crippen molar-refractivity contribution in [1.29, 1.82) is 0 Å². The summed E-state index contributed by atoms with van der Waals surface area (Å²) in [5.41, 5.74) is 1.27. The molecule has 1 saturated carbocycles. The van der Waals surface area contributed by atoms with Gasteiger partial charge in [-0.15, -0.1) is 0 Å². The molecule has 0 bridgehead atoms. The molecule has 3 nitrogen and oxygen atoms in total. The molecule has 2 aliphatic rings. The average Bonchev–Trinajstić information content (AvgIpc) is 2.56. The van der Waals surface area contributed by atoms with E-state index in [0.29, 0.717) is 11.9 Å². The van der Waals surface area contributed by atoms with E-state index in [0.717, 1.165) is 44.7 Å². The molecule has 1 saturated heterocycles. The molecule has 1 atom stereocenters. The highest BCUT2D eigenvalue weighted by Crippen LogP contribution is 2.28. The average molecular weight is 300 g/mol. The summed E-state index contributed by atoms with van der Waals surface area (Å²) >= 11 is 0. The Morgan fingerprint density at radius 3 is 2.55 bits per heavy atom. The zero-order valence-corrected chi connectivity index (χ0v) is 13.6. The van der Waals surface area contributed by atoms with Gasteiger partial charge in [-0.1, -0.05) is 25.1 Å². The quantitative estimate of drug-likeness (QED) is 0.925. The van der Waals surface area contributed by atoms with Gasteiger partial charge >= 0.3 is 0 Å². The molecule has 1 aliphatic carbocycles. The first-order valence-electron chi connectivity index (χ1n) is 8.83. The van der Waals surface area contributed by atoms with Crippen molar-refractivity contribution in [2.45, 2.75) is 51.5 Å². The van der Waals surface area contributed by atoms with Crippen molar-refractivity contribution >= 4 is 11.6 Å². The van der Waals surface area contributed by atoms with E-state index >= 15 is 0 Å². The van der Waals surface area contributed by atoms with Gasteiger partial charge in [-0.2, -0.15) is 0 Å². The van der Waals surface area contributed by atoms with Crippen LogP contribution in [-0.4, -0.2) is 25.0 Å². The highest BCUT2D eigenvalue weighted by Gasteiger charge is 2.27. The predicted octanol–water partition coefficient (Wildman–Crippen LogP) is 3.60. The van der Waals surface area contributed by atoms with Gasteiger partial charge in [-0.05, 0) is 56.6 Å². The van der Waals surface area contributed by atoms with E-state index in [-0.39, 0.29) is 5.92 Å². The lowest BCUT2D eigenvalue weighted by molar-refractivity contribution is -0.126. The van der Waals surface area contributed by atoms with Crippen LogP contribution in [0.2, 0.25) is 0 Å². The topological polar surface area (TPSA) is 32.3 Å². The molecule has 1 aromatic carbocycles. The molecule has 3 heteroatoms. The van der Waals surface area contributed by atoms with E-state index in [1.54, 1.807) is 0 Å². The van der Waals surface area contributed by atoms with Gasteiger partial charge in [0, 0.05) is 30.7 Å². The number of anilines is 1. The van der Waals surface area contributed by atoms with Gasteiger partial charge in [0.15, 0.2) is 0 Å². The molecule has 0 aromatic heterocycles. The molecule has 1 amide bonds. The number of nitrogens with zero attached hydrogens (tertiary/aromatic N) is 1. The molecule has 3 rings (SSSR count). The number of amides is 1. The number of hydrogen-bond donors (Lipinski definition) is 1. The van der Waals surface area contributed by atoms with E-state index in [9.17, 15) is 4.79 Å². The van der Waals surface area contributed by atoms with Crippen LogP contribution in [0.15, 0.2) is 30.3 Å². The molecule has 0 unspecified atom stereocenters. The van der Waals surface area contributed by atoms with Gasteiger partial charge in [0.1, 0.15) is 0 Å². The molecule has 0 spiro atoms. The van der Waals surface area contributed by atoms with Crippen LogP contribution >= 0.6 is 0 Å². The summed E-state index contributed by atoms with van der Waals surface area (Å²) in [5, 5.41) is 3.32. The van der Waals surface area contributed by atoms with Gasteiger partial charge in [0.25, 0.3) is 0 Å². The van der Waals surface area contributed by atoms with Gasteiger partial charge in [0.2, 0.25) is 5.91 Å². The summed E-state index contributed by atoms with van der Waals surface area (Å²) in [4.78, 5) is 14.9. The monoisotopic (exact) mass is 300 g/mol. The highest BCUT2D eigenvalue weighted by atomic mass is 16.1. The number of benzene rings is 1. The maximum Gasteiger partial charge on any atom is 0.223 e. The number of carbonyl (C=O) groups is 1. The fraction of sp³-hybridized carbons (Fsp3) is 0.632. The summed E-state index contributed by atoms with van der Waals surface area (Å²) in [7, 11) is 0. The first-order valence-corrected chi connectivity index (χ1v) is 8.83. The Balaban J connectivity index is 1.53. The lowest BCUT2D eigenvalue weighted by Crippen LogP contribution is -2.49. The fourth-order valence-electron chi connectivity index (χ4n) is 3.81. The van der Waals surface area contributed by atoms with Crippen molar-refractivity contribution in [3.05, 3.63) is 30.3 Å². The summed E-state index contributed by atoms with van der Waals surface area (Å²) in [5.74, 6) is 1.35. The third-order valence-corrected chi connectivity index (χ3v) is 5.28. The van der Waals surface area contributed by atoms with Gasteiger partial charge < -0.3 is 10.2 Å². The Morgan fingerprint density at radius 2 is 1.82 bits per heavy atom. The van der Waals surface area contributed by atoms with Crippen LogP contribution in [0.4, 0.5) is 5.69 Å². The van der Waals surface area contributed by atoms with E-state index in [2.05, 4.69) is 47.5 Å². The second-order valence-electron chi connectivity index (χ2n) is 7.09. The van der Waals surface area contributed by atoms with Crippen LogP contribution in [-0.2, 0) is 4.79 Å². The Labute approximate surface area is 134 Å². The van der Waals surface area contributed by atoms with Crippen molar-refractivity contribution < 1.29 is 4.79 Å². The molecule has 1 N–H and O–H groups in total. The minimum absolute atomic E-state index is 0.253. The summed E-state index contributed by atoms with van der Waals surface area (Å²) in [6.07, 6.45) is 6.82. The van der Waals surface area contributed by atoms with Crippen molar-refractivity contribution in [2.75, 3.05) is 18.0 Å². The number of carbonyl (C=O) groups excluding carboxylic acids is 1. The van der Waals surface area contributed by atoms with Gasteiger partial charge in [-0.25, -0.2) is 0 Å². The molecule has 120 valence electrons. The lowest BCUT2D eigenvalue weighted by atomic mass is 9.82. The molecular weight excluding hydrogens is 272 g/mol. The SMILES string of the molecule is CC1CCC(C(=O)N[C@H]2CCCN(c3ccccc3)C2)CC1. The van der Waals surface area contributed by atoms with Crippen LogP contribution in [0.3, 0.4) is 0 Å². The number of para-hydroxylation sites is 1. The van der Waals surface area contributed by atoms with Crippen LogP contribution in [0, 0.1) is 11.8 Å². The second kappa shape index (κ2) is 7.17. The van der Waals surface area contributed by atoms with Gasteiger partial charge in [-0.3, -0.25) is 4.79 Å². The maximum absolute atomic E-state index is 12.5. The molecule has 0 radical (unpaired) electrons. The summed E-state index contributed by atoms with van der Waals surface area (Å²) in [6.45, 7) is 4.34. The van der Waals surface area contributed by atoms with E-state index in [1.165, 1.54) is 18.5 Å². The first-order chi connectivity index (χ1) is 10.7. The van der Waals surface area contributed by atoms with Gasteiger partial charge in [0.05, 0.1) is 0 Å². The lowest BCUT2D eigenvalue weighted by Gasteiger charge is -2.36. The Hall–Kier alpha value is -1.51. The third-order valence-electron chi connectivity index (χ3n) is 5.28. The Kier molecular flexibility index (Phi) is 5.01. The molecule has 1 aliphatic heterocycles. The Morgan fingerprint density at radius 1 is 1.09 bits per heavy atom. The van der Waals surface area contributed by atoms with E-state index in [4.69, 9.17) is 0 Å².